The van der Waals surface area contributed by atoms with E-state index in [0.29, 0.717) is 30.2 Å². The lowest BCUT2D eigenvalue weighted by molar-refractivity contribution is -0.137. The van der Waals surface area contributed by atoms with Gasteiger partial charge in [-0.1, -0.05) is 18.2 Å². The number of aromatic nitrogens is 3. The number of alkyl halides is 3. The highest BCUT2D eigenvalue weighted by Gasteiger charge is 2.30. The largest absolute Gasteiger partial charge is 0.416 e. The smallest absolute Gasteiger partial charge is 0.385 e. The number of hydrogen-bond donors (Lipinski definition) is 1. The van der Waals surface area contributed by atoms with Gasteiger partial charge in [-0.25, -0.2) is 9.67 Å². The van der Waals surface area contributed by atoms with Gasteiger partial charge in [0, 0.05) is 13.0 Å². The Morgan fingerprint density at radius 3 is 2.86 bits per heavy atom. The molecule has 1 unspecified atom stereocenters. The number of benzene rings is 1. The summed E-state index contributed by atoms with van der Waals surface area (Å²) in [5.41, 5.74) is -0.175. The highest BCUT2D eigenvalue weighted by molar-refractivity contribution is 5.27. The lowest BCUT2D eigenvalue weighted by atomic mass is 10.1. The molecule has 1 aromatic heterocycles. The summed E-state index contributed by atoms with van der Waals surface area (Å²) in [6, 6.07) is 5.14. The first kappa shape index (κ1) is 14.1. The molecule has 0 amide bonds. The molecule has 7 heteroatoms. The highest BCUT2D eigenvalue weighted by atomic mass is 19.4. The standard InChI is InChI=1S/C14H14F3N3O/c15-14(16,17)10-4-1-3-9(7-10)8-12-18-13-11(21)5-2-6-20(13)19-12/h1,3-4,7,11,21H,2,5-6,8H2. The topological polar surface area (TPSA) is 50.9 Å². The van der Waals surface area contributed by atoms with Gasteiger partial charge in [-0.15, -0.1) is 0 Å². The summed E-state index contributed by atoms with van der Waals surface area (Å²) >= 11 is 0. The van der Waals surface area contributed by atoms with Crippen LogP contribution in [-0.4, -0.2) is 19.9 Å². The van der Waals surface area contributed by atoms with Crippen molar-refractivity contribution in [3.8, 4) is 0 Å². The van der Waals surface area contributed by atoms with Gasteiger partial charge in [0.25, 0.3) is 0 Å². The monoisotopic (exact) mass is 297 g/mol. The summed E-state index contributed by atoms with van der Waals surface area (Å²) in [5.74, 6) is 0.938. The molecule has 1 aliphatic rings. The van der Waals surface area contributed by atoms with Crippen LogP contribution in [0, 0.1) is 0 Å². The molecule has 1 atom stereocenters. The Hall–Kier alpha value is -1.89. The van der Waals surface area contributed by atoms with E-state index in [0.717, 1.165) is 18.6 Å². The molecule has 0 radical (unpaired) electrons. The van der Waals surface area contributed by atoms with Crippen LogP contribution in [0.15, 0.2) is 24.3 Å². The molecule has 0 saturated carbocycles. The molecule has 21 heavy (non-hydrogen) atoms. The molecule has 0 saturated heterocycles. The second-order valence-corrected chi connectivity index (χ2v) is 5.14. The minimum Gasteiger partial charge on any atom is -0.385 e. The van der Waals surface area contributed by atoms with Crippen LogP contribution < -0.4 is 0 Å². The number of aliphatic hydroxyl groups excluding tert-OH is 1. The van der Waals surface area contributed by atoms with Gasteiger partial charge in [0.1, 0.15) is 6.10 Å². The number of aliphatic hydroxyl groups is 1. The van der Waals surface area contributed by atoms with E-state index in [4.69, 9.17) is 0 Å². The third kappa shape index (κ3) is 2.92. The second kappa shape index (κ2) is 5.14. The van der Waals surface area contributed by atoms with Gasteiger partial charge >= 0.3 is 6.18 Å². The number of halogens is 3. The van der Waals surface area contributed by atoms with E-state index in [-0.39, 0.29) is 6.42 Å². The van der Waals surface area contributed by atoms with Crippen molar-refractivity contribution in [2.75, 3.05) is 0 Å². The normalized spacial score (nSPS) is 18.6. The zero-order valence-electron chi connectivity index (χ0n) is 11.1. The fourth-order valence-corrected chi connectivity index (χ4v) is 2.49. The van der Waals surface area contributed by atoms with Crippen LogP contribution in [0.25, 0.3) is 0 Å². The predicted molar refractivity (Wildman–Crippen MR) is 68.5 cm³/mol. The summed E-state index contributed by atoms with van der Waals surface area (Å²) in [5, 5.41) is 14.1. The van der Waals surface area contributed by atoms with E-state index in [1.54, 1.807) is 10.7 Å². The molecule has 0 fully saturated rings. The molecule has 112 valence electrons. The molecule has 1 aromatic carbocycles. The molecule has 0 bridgehead atoms. The highest BCUT2D eigenvalue weighted by Crippen LogP contribution is 2.30. The molecule has 0 spiro atoms. The van der Waals surface area contributed by atoms with Crippen LogP contribution in [0.1, 0.15) is 41.7 Å². The van der Waals surface area contributed by atoms with Crippen LogP contribution in [0.4, 0.5) is 13.2 Å². The Labute approximate surface area is 119 Å². The maximum absolute atomic E-state index is 12.7. The fourth-order valence-electron chi connectivity index (χ4n) is 2.49. The van der Waals surface area contributed by atoms with Crippen LogP contribution in [0.2, 0.25) is 0 Å². The van der Waals surface area contributed by atoms with Gasteiger partial charge in [0.05, 0.1) is 5.56 Å². The third-order valence-electron chi connectivity index (χ3n) is 3.51. The fraction of sp³-hybridized carbons (Fsp3) is 0.429. The quantitative estimate of drug-likeness (QED) is 0.927. The van der Waals surface area contributed by atoms with Crippen LogP contribution in [0.3, 0.4) is 0 Å². The minimum atomic E-state index is -4.35. The molecule has 2 aromatic rings. The average molecular weight is 297 g/mol. The van der Waals surface area contributed by atoms with Gasteiger partial charge in [-0.3, -0.25) is 0 Å². The van der Waals surface area contributed by atoms with Crippen LogP contribution in [-0.2, 0) is 19.1 Å². The lowest BCUT2D eigenvalue weighted by Gasteiger charge is -2.16. The first-order valence-electron chi connectivity index (χ1n) is 6.71. The Morgan fingerprint density at radius 1 is 1.33 bits per heavy atom. The summed E-state index contributed by atoms with van der Waals surface area (Å²) in [6.45, 7) is 0.683. The maximum atomic E-state index is 12.7. The SMILES string of the molecule is OC1CCCn2nc(Cc3cccc(C(F)(F)F)c3)nc21. The van der Waals surface area contributed by atoms with Gasteiger partial charge in [-0.2, -0.15) is 18.3 Å². The van der Waals surface area contributed by atoms with Gasteiger partial charge in [0.2, 0.25) is 0 Å². The molecular formula is C14H14F3N3O. The number of hydrogen-bond acceptors (Lipinski definition) is 3. The van der Waals surface area contributed by atoms with Crippen molar-refractivity contribution in [2.24, 2.45) is 0 Å². The van der Waals surface area contributed by atoms with E-state index in [1.165, 1.54) is 6.07 Å². The Bertz CT molecular complexity index is 651. The minimum absolute atomic E-state index is 0.219. The summed E-state index contributed by atoms with van der Waals surface area (Å²) in [6.07, 6.45) is -3.31. The molecule has 2 heterocycles. The van der Waals surface area contributed by atoms with Gasteiger partial charge < -0.3 is 5.11 Å². The number of fused-ring (bicyclic) bond motifs is 1. The van der Waals surface area contributed by atoms with E-state index < -0.39 is 17.8 Å². The van der Waals surface area contributed by atoms with Crippen molar-refractivity contribution in [3.63, 3.8) is 0 Å². The predicted octanol–water partition coefficient (Wildman–Crippen LogP) is 2.71. The molecule has 1 N–H and O–H groups in total. The van der Waals surface area contributed by atoms with E-state index in [9.17, 15) is 18.3 Å². The maximum Gasteiger partial charge on any atom is 0.416 e. The molecule has 3 rings (SSSR count). The number of aryl methyl sites for hydroxylation is 1. The van der Waals surface area contributed by atoms with Gasteiger partial charge in [-0.05, 0) is 24.5 Å². The van der Waals surface area contributed by atoms with Crippen molar-refractivity contribution in [1.82, 2.24) is 14.8 Å². The second-order valence-electron chi connectivity index (χ2n) is 5.14. The van der Waals surface area contributed by atoms with E-state index in [1.807, 2.05) is 0 Å². The summed E-state index contributed by atoms with van der Waals surface area (Å²) in [4.78, 5) is 4.24. The van der Waals surface area contributed by atoms with E-state index in [2.05, 4.69) is 10.1 Å². The van der Waals surface area contributed by atoms with Crippen molar-refractivity contribution >= 4 is 0 Å². The summed E-state index contributed by atoms with van der Waals surface area (Å²) < 4.78 is 39.7. The van der Waals surface area contributed by atoms with E-state index >= 15 is 0 Å². The third-order valence-corrected chi connectivity index (χ3v) is 3.51. The van der Waals surface area contributed by atoms with Gasteiger partial charge in [0.15, 0.2) is 11.6 Å². The van der Waals surface area contributed by atoms with Crippen molar-refractivity contribution in [1.29, 1.82) is 0 Å². The molecular weight excluding hydrogens is 283 g/mol. The average Bonchev–Trinajstić information content (AvgIpc) is 2.82. The molecule has 1 aliphatic heterocycles. The Balaban J connectivity index is 1.84. The first-order chi connectivity index (χ1) is 9.93. The molecule has 0 aliphatic carbocycles. The van der Waals surface area contributed by atoms with Crippen molar-refractivity contribution in [3.05, 3.63) is 47.0 Å². The lowest BCUT2D eigenvalue weighted by Crippen LogP contribution is -2.16. The van der Waals surface area contributed by atoms with Crippen LogP contribution in [0.5, 0.6) is 0 Å². The number of nitrogens with zero attached hydrogens (tertiary/aromatic N) is 3. The zero-order chi connectivity index (χ0) is 15.0. The first-order valence-corrected chi connectivity index (χ1v) is 6.71. The van der Waals surface area contributed by atoms with Crippen molar-refractivity contribution in [2.45, 2.75) is 38.1 Å². The van der Waals surface area contributed by atoms with Crippen LogP contribution >= 0.6 is 0 Å². The van der Waals surface area contributed by atoms with Crippen molar-refractivity contribution < 1.29 is 18.3 Å². The Kier molecular flexibility index (Phi) is 3.44. The molecule has 4 nitrogen and oxygen atoms in total. The summed E-state index contributed by atoms with van der Waals surface area (Å²) in [7, 11) is 0. The zero-order valence-corrected chi connectivity index (χ0v) is 11.1. The Morgan fingerprint density at radius 2 is 2.14 bits per heavy atom. The number of rotatable bonds is 2.